The van der Waals surface area contributed by atoms with Crippen LogP contribution in [0.2, 0.25) is 0 Å². The highest BCUT2D eigenvalue weighted by Crippen LogP contribution is 2.15. The molecular weight excluding hydrogens is 398 g/mol. The first kappa shape index (κ1) is 22.4. The number of nitrogens with one attached hydrogen (secondary N) is 2. The summed E-state index contributed by atoms with van der Waals surface area (Å²) in [4.78, 5) is 26.9. The van der Waals surface area contributed by atoms with E-state index in [-0.39, 0.29) is 11.8 Å². The zero-order valence-electron chi connectivity index (χ0n) is 17.7. The van der Waals surface area contributed by atoms with Crippen molar-refractivity contribution in [3.63, 3.8) is 0 Å². The zero-order valence-corrected chi connectivity index (χ0v) is 18.5. The average molecular weight is 430 g/mol. The van der Waals surface area contributed by atoms with Crippen molar-refractivity contribution in [2.24, 2.45) is 0 Å². The maximum atomic E-state index is 12.3. The Morgan fingerprint density at radius 2 is 1.80 bits per heavy atom. The molecule has 7 nitrogen and oxygen atoms in total. The molecule has 2 amide bonds. The predicted molar refractivity (Wildman–Crippen MR) is 120 cm³/mol. The van der Waals surface area contributed by atoms with Crippen molar-refractivity contribution < 1.29 is 9.59 Å². The van der Waals surface area contributed by atoms with Gasteiger partial charge in [-0.2, -0.15) is 0 Å². The molecule has 0 radical (unpaired) electrons. The van der Waals surface area contributed by atoms with Gasteiger partial charge >= 0.3 is 0 Å². The molecule has 0 bridgehead atoms. The van der Waals surface area contributed by atoms with Gasteiger partial charge in [-0.1, -0.05) is 41.9 Å². The van der Waals surface area contributed by atoms with E-state index >= 15 is 0 Å². The number of hydrogen-bond donors (Lipinski definition) is 2. The summed E-state index contributed by atoms with van der Waals surface area (Å²) in [6.07, 6.45) is 7.10. The number of amides is 2. The molecular formula is C22H31N5O2S. The lowest BCUT2D eigenvalue weighted by molar-refractivity contribution is -0.121. The van der Waals surface area contributed by atoms with Gasteiger partial charge < -0.3 is 15.5 Å². The van der Waals surface area contributed by atoms with Crippen LogP contribution in [0.3, 0.4) is 0 Å². The fourth-order valence-corrected chi connectivity index (χ4v) is 4.20. The Bertz CT molecular complexity index is 813. The van der Waals surface area contributed by atoms with E-state index in [1.54, 1.807) is 0 Å². The first-order chi connectivity index (χ1) is 14.6. The number of aryl methyl sites for hydroxylation is 2. The van der Waals surface area contributed by atoms with Crippen molar-refractivity contribution >= 4 is 28.8 Å². The lowest BCUT2D eigenvalue weighted by atomic mass is 10.2. The summed E-state index contributed by atoms with van der Waals surface area (Å²) in [6, 6.07) is 7.58. The van der Waals surface area contributed by atoms with Crippen LogP contribution in [0.1, 0.15) is 58.9 Å². The summed E-state index contributed by atoms with van der Waals surface area (Å²) in [5.41, 5.74) is 1.85. The number of nitrogens with zero attached hydrogens (tertiary/aromatic N) is 3. The van der Waals surface area contributed by atoms with E-state index in [0.29, 0.717) is 29.4 Å². The third kappa shape index (κ3) is 7.50. The van der Waals surface area contributed by atoms with Gasteiger partial charge in [-0.15, -0.1) is 10.2 Å². The summed E-state index contributed by atoms with van der Waals surface area (Å²) in [5, 5.41) is 14.8. The highest BCUT2D eigenvalue weighted by molar-refractivity contribution is 7.13. The van der Waals surface area contributed by atoms with E-state index in [4.69, 9.17) is 0 Å². The van der Waals surface area contributed by atoms with Gasteiger partial charge in [-0.25, -0.2) is 0 Å². The van der Waals surface area contributed by atoms with Crippen molar-refractivity contribution in [2.45, 2.75) is 51.9 Å². The molecule has 0 aliphatic carbocycles. The second-order valence-corrected chi connectivity index (χ2v) is 8.84. The molecule has 30 heavy (non-hydrogen) atoms. The zero-order chi connectivity index (χ0) is 21.2. The molecule has 1 fully saturated rings. The normalized spacial score (nSPS) is 14.8. The summed E-state index contributed by atoms with van der Waals surface area (Å²) in [6.45, 7) is 6.12. The van der Waals surface area contributed by atoms with Gasteiger partial charge in [0.25, 0.3) is 5.91 Å². The van der Waals surface area contributed by atoms with Gasteiger partial charge in [0.15, 0.2) is 0 Å². The van der Waals surface area contributed by atoms with Crippen molar-refractivity contribution in [3.8, 4) is 0 Å². The molecule has 8 heteroatoms. The highest BCUT2D eigenvalue weighted by atomic mass is 32.1. The number of carbonyl (C=O) groups excluding carboxylic acids is 2. The minimum Gasteiger partial charge on any atom is -0.356 e. The minimum atomic E-state index is -0.277. The molecule has 1 aliphatic rings. The Hall–Kier alpha value is -2.32. The van der Waals surface area contributed by atoms with E-state index < -0.39 is 0 Å². The molecule has 1 aliphatic heterocycles. The number of benzene rings is 1. The highest BCUT2D eigenvalue weighted by Gasteiger charge is 2.14. The van der Waals surface area contributed by atoms with Crippen LogP contribution in [-0.4, -0.2) is 53.1 Å². The summed E-state index contributed by atoms with van der Waals surface area (Å²) >= 11 is 1.23. The summed E-state index contributed by atoms with van der Waals surface area (Å²) < 4.78 is 0. The van der Waals surface area contributed by atoms with E-state index in [0.717, 1.165) is 24.2 Å². The van der Waals surface area contributed by atoms with Gasteiger partial charge in [0.05, 0.1) is 0 Å². The number of rotatable bonds is 9. The molecule has 162 valence electrons. The van der Waals surface area contributed by atoms with Crippen LogP contribution in [0.4, 0.5) is 5.69 Å². The summed E-state index contributed by atoms with van der Waals surface area (Å²) in [7, 11) is 0. The number of aromatic nitrogens is 2. The predicted octanol–water partition coefficient (Wildman–Crippen LogP) is 3.41. The van der Waals surface area contributed by atoms with E-state index in [9.17, 15) is 9.59 Å². The fraction of sp³-hybridized carbons (Fsp3) is 0.545. The summed E-state index contributed by atoms with van der Waals surface area (Å²) in [5.74, 6) is -0.257. The van der Waals surface area contributed by atoms with Gasteiger partial charge in [0.1, 0.15) is 5.01 Å². The van der Waals surface area contributed by atoms with Crippen molar-refractivity contribution in [1.82, 2.24) is 20.4 Å². The first-order valence-electron chi connectivity index (χ1n) is 10.8. The largest absolute Gasteiger partial charge is 0.356 e. The molecule has 2 heterocycles. The number of carbonyl (C=O) groups is 2. The van der Waals surface area contributed by atoms with Crippen LogP contribution in [0, 0.1) is 6.92 Å². The molecule has 2 aromatic rings. The monoisotopic (exact) mass is 429 g/mol. The molecule has 1 aromatic heterocycles. The molecule has 0 unspecified atom stereocenters. The van der Waals surface area contributed by atoms with Crippen molar-refractivity contribution in [1.29, 1.82) is 0 Å². The van der Waals surface area contributed by atoms with Gasteiger partial charge in [0.2, 0.25) is 10.9 Å². The lowest BCUT2D eigenvalue weighted by Gasteiger charge is -2.19. The Kier molecular flexibility index (Phi) is 8.77. The van der Waals surface area contributed by atoms with Crippen LogP contribution in [-0.2, 0) is 11.2 Å². The molecule has 0 atom stereocenters. The van der Waals surface area contributed by atoms with E-state index in [1.165, 1.54) is 50.1 Å². The van der Waals surface area contributed by atoms with Gasteiger partial charge in [-0.05, 0) is 58.0 Å². The van der Waals surface area contributed by atoms with E-state index in [1.807, 2.05) is 31.2 Å². The molecule has 3 rings (SSSR count). The Labute approximate surface area is 182 Å². The van der Waals surface area contributed by atoms with E-state index in [2.05, 4.69) is 25.7 Å². The van der Waals surface area contributed by atoms with Crippen LogP contribution >= 0.6 is 11.3 Å². The van der Waals surface area contributed by atoms with Crippen LogP contribution in [0.15, 0.2) is 24.3 Å². The second-order valence-electron chi connectivity index (χ2n) is 7.78. The van der Waals surface area contributed by atoms with Crippen LogP contribution in [0.25, 0.3) is 0 Å². The number of anilines is 1. The maximum absolute atomic E-state index is 12.3. The van der Waals surface area contributed by atoms with Gasteiger partial charge in [-0.3, -0.25) is 9.59 Å². The average Bonchev–Trinajstić information content (AvgIpc) is 3.07. The molecule has 0 spiro atoms. The topological polar surface area (TPSA) is 87.2 Å². The van der Waals surface area contributed by atoms with Gasteiger partial charge in [0, 0.05) is 25.1 Å². The quantitative estimate of drug-likeness (QED) is 0.597. The standard InChI is InChI=1S/C22H31N5O2S/c1-17-7-9-18(10-8-17)24-21(29)22-26-25-20(30-22)12-11-19(28)23-13-6-16-27-14-4-2-3-5-15-27/h7-10H,2-6,11-16H2,1H3,(H,23,28)(H,24,29). The number of likely N-dealkylation sites (tertiary alicyclic amines) is 1. The third-order valence-corrected chi connectivity index (χ3v) is 6.19. The molecule has 1 saturated heterocycles. The van der Waals surface area contributed by atoms with Crippen LogP contribution < -0.4 is 10.6 Å². The maximum Gasteiger partial charge on any atom is 0.286 e. The van der Waals surface area contributed by atoms with Crippen molar-refractivity contribution in [2.75, 3.05) is 31.5 Å². The first-order valence-corrected chi connectivity index (χ1v) is 11.6. The molecule has 2 N–H and O–H groups in total. The Morgan fingerprint density at radius 1 is 1.07 bits per heavy atom. The molecule has 1 aromatic carbocycles. The lowest BCUT2D eigenvalue weighted by Crippen LogP contribution is -2.30. The Balaban J connectivity index is 1.33. The van der Waals surface area contributed by atoms with Crippen LogP contribution in [0.5, 0.6) is 0 Å². The smallest absolute Gasteiger partial charge is 0.286 e. The fourth-order valence-electron chi connectivity index (χ4n) is 3.47. The minimum absolute atomic E-state index is 0.0201. The Morgan fingerprint density at radius 3 is 2.53 bits per heavy atom. The third-order valence-electron chi connectivity index (χ3n) is 5.21. The second kappa shape index (κ2) is 11.8. The number of hydrogen-bond acceptors (Lipinski definition) is 6. The SMILES string of the molecule is Cc1ccc(NC(=O)c2nnc(CCC(=O)NCCCN3CCCCCC3)s2)cc1. The molecule has 0 saturated carbocycles. The van der Waals surface area contributed by atoms with Crippen molar-refractivity contribution in [3.05, 3.63) is 39.8 Å².